The number of rotatable bonds is 8. The Hall–Kier alpha value is -2.53. The van der Waals surface area contributed by atoms with Crippen molar-refractivity contribution in [1.82, 2.24) is 10.2 Å². The molecule has 0 aliphatic carbocycles. The molecule has 1 heterocycles. The second-order valence-electron chi connectivity index (χ2n) is 8.00. The lowest BCUT2D eigenvalue weighted by Crippen LogP contribution is -2.48. The third-order valence-electron chi connectivity index (χ3n) is 5.39. The average molecular weight is 396 g/mol. The highest BCUT2D eigenvalue weighted by Crippen LogP contribution is 2.27. The second kappa shape index (κ2) is 10.3. The van der Waals surface area contributed by atoms with Crippen LogP contribution in [0.25, 0.3) is 0 Å². The fourth-order valence-electron chi connectivity index (χ4n) is 3.66. The van der Waals surface area contributed by atoms with E-state index in [9.17, 15) is 4.79 Å². The van der Waals surface area contributed by atoms with E-state index in [1.165, 1.54) is 5.69 Å². The van der Waals surface area contributed by atoms with Crippen molar-refractivity contribution in [3.63, 3.8) is 0 Å². The van der Waals surface area contributed by atoms with Gasteiger partial charge < -0.3 is 15.0 Å². The summed E-state index contributed by atoms with van der Waals surface area (Å²) in [5, 5.41) is 2.99. The van der Waals surface area contributed by atoms with Crippen molar-refractivity contribution in [2.45, 2.75) is 26.7 Å². The van der Waals surface area contributed by atoms with Crippen LogP contribution in [0, 0.1) is 6.92 Å². The summed E-state index contributed by atoms with van der Waals surface area (Å²) in [4.78, 5) is 17.0. The molecule has 0 radical (unpaired) electrons. The van der Waals surface area contributed by atoms with Crippen LogP contribution in [-0.4, -0.2) is 56.7 Å². The first kappa shape index (κ1) is 21.2. The summed E-state index contributed by atoms with van der Waals surface area (Å²) in [5.74, 6) is 1.11. The summed E-state index contributed by atoms with van der Waals surface area (Å²) in [6.07, 6.45) is 0. The third-order valence-corrected chi connectivity index (χ3v) is 5.39. The first-order valence-electron chi connectivity index (χ1n) is 10.6. The molecule has 156 valence electrons. The van der Waals surface area contributed by atoms with Crippen molar-refractivity contribution >= 4 is 11.6 Å². The highest BCUT2D eigenvalue weighted by molar-refractivity contribution is 5.77. The molecule has 1 aliphatic heterocycles. The van der Waals surface area contributed by atoms with Crippen molar-refractivity contribution in [1.29, 1.82) is 0 Å². The van der Waals surface area contributed by atoms with Gasteiger partial charge in [-0.3, -0.25) is 9.69 Å². The van der Waals surface area contributed by atoms with E-state index >= 15 is 0 Å². The number of para-hydroxylation sites is 1. The minimum atomic E-state index is -0.0656. The molecule has 3 rings (SSSR count). The summed E-state index contributed by atoms with van der Waals surface area (Å²) < 4.78 is 5.81. The average Bonchev–Trinajstić information content (AvgIpc) is 2.73. The van der Waals surface area contributed by atoms with E-state index < -0.39 is 0 Å². The Kier molecular flexibility index (Phi) is 7.53. The monoisotopic (exact) mass is 395 g/mol. The van der Waals surface area contributed by atoms with Crippen molar-refractivity contribution in [3.8, 4) is 5.75 Å². The van der Waals surface area contributed by atoms with Crippen LogP contribution in [0.5, 0.6) is 5.75 Å². The fraction of sp³-hybridized carbons (Fsp3) is 0.458. The van der Waals surface area contributed by atoms with Gasteiger partial charge in [0.25, 0.3) is 5.91 Å². The van der Waals surface area contributed by atoms with E-state index in [0.717, 1.165) is 49.6 Å². The fourth-order valence-corrected chi connectivity index (χ4v) is 3.66. The van der Waals surface area contributed by atoms with Gasteiger partial charge >= 0.3 is 0 Å². The SMILES string of the molecule is Cc1ccc(C(C)C)c(OCC(=O)NCCN2CCN(c3ccccc3)CC2)c1. The van der Waals surface area contributed by atoms with Crippen LogP contribution in [0.2, 0.25) is 0 Å². The molecule has 1 N–H and O–H groups in total. The molecular weight excluding hydrogens is 362 g/mol. The molecule has 0 unspecified atom stereocenters. The minimum absolute atomic E-state index is 0.0605. The molecule has 2 aromatic rings. The van der Waals surface area contributed by atoms with Gasteiger partial charge in [-0.1, -0.05) is 44.2 Å². The lowest BCUT2D eigenvalue weighted by Gasteiger charge is -2.36. The summed E-state index contributed by atoms with van der Waals surface area (Å²) in [7, 11) is 0. The maximum atomic E-state index is 12.2. The van der Waals surface area contributed by atoms with Gasteiger partial charge in [0.05, 0.1) is 0 Å². The number of amides is 1. The van der Waals surface area contributed by atoms with Crippen LogP contribution in [-0.2, 0) is 4.79 Å². The maximum Gasteiger partial charge on any atom is 0.257 e. The summed E-state index contributed by atoms with van der Waals surface area (Å²) in [5.41, 5.74) is 3.56. The van der Waals surface area contributed by atoms with Crippen LogP contribution in [0.15, 0.2) is 48.5 Å². The molecule has 0 aromatic heterocycles. The molecule has 1 amide bonds. The number of aryl methyl sites for hydroxylation is 1. The topological polar surface area (TPSA) is 44.8 Å². The Bertz CT molecular complexity index is 784. The Labute approximate surface area is 174 Å². The molecular formula is C24H33N3O2. The molecule has 29 heavy (non-hydrogen) atoms. The van der Waals surface area contributed by atoms with E-state index in [0.29, 0.717) is 12.5 Å². The Morgan fingerprint density at radius 2 is 1.79 bits per heavy atom. The number of anilines is 1. The van der Waals surface area contributed by atoms with Crippen LogP contribution < -0.4 is 15.0 Å². The Balaban J connectivity index is 1.36. The first-order chi connectivity index (χ1) is 14.0. The number of nitrogens with one attached hydrogen (secondary N) is 1. The number of ether oxygens (including phenoxy) is 1. The van der Waals surface area contributed by atoms with Gasteiger partial charge in [-0.2, -0.15) is 0 Å². The van der Waals surface area contributed by atoms with Gasteiger partial charge in [0.15, 0.2) is 6.61 Å². The predicted octanol–water partition coefficient (Wildman–Crippen LogP) is 3.44. The lowest BCUT2D eigenvalue weighted by molar-refractivity contribution is -0.123. The van der Waals surface area contributed by atoms with Gasteiger partial charge in [-0.15, -0.1) is 0 Å². The zero-order valence-electron chi connectivity index (χ0n) is 17.9. The van der Waals surface area contributed by atoms with Crippen LogP contribution in [0.3, 0.4) is 0 Å². The zero-order valence-corrected chi connectivity index (χ0v) is 17.9. The van der Waals surface area contributed by atoms with Gasteiger partial charge in [-0.05, 0) is 42.2 Å². The molecule has 0 bridgehead atoms. The van der Waals surface area contributed by atoms with E-state index in [2.05, 4.69) is 71.4 Å². The quantitative estimate of drug-likeness (QED) is 0.744. The van der Waals surface area contributed by atoms with Crippen LogP contribution in [0.4, 0.5) is 5.69 Å². The third kappa shape index (κ3) is 6.23. The van der Waals surface area contributed by atoms with Gasteiger partial charge in [0.1, 0.15) is 5.75 Å². The van der Waals surface area contributed by atoms with Gasteiger partial charge in [-0.25, -0.2) is 0 Å². The molecule has 5 heteroatoms. The van der Waals surface area contributed by atoms with E-state index in [1.807, 2.05) is 13.0 Å². The lowest BCUT2D eigenvalue weighted by atomic mass is 10.0. The van der Waals surface area contributed by atoms with Crippen molar-refractivity contribution in [2.75, 3.05) is 50.8 Å². The standard InChI is InChI=1S/C24H33N3O2/c1-19(2)22-10-9-20(3)17-23(22)29-18-24(28)25-11-12-26-13-15-27(16-14-26)21-7-5-4-6-8-21/h4-10,17,19H,11-16,18H2,1-3H3,(H,25,28). The molecule has 5 nitrogen and oxygen atoms in total. The zero-order chi connectivity index (χ0) is 20.6. The van der Waals surface area contributed by atoms with Crippen molar-refractivity contribution in [2.24, 2.45) is 0 Å². The number of hydrogen-bond acceptors (Lipinski definition) is 4. The smallest absolute Gasteiger partial charge is 0.257 e. The number of benzene rings is 2. The highest BCUT2D eigenvalue weighted by atomic mass is 16.5. The molecule has 2 aromatic carbocycles. The highest BCUT2D eigenvalue weighted by Gasteiger charge is 2.17. The summed E-state index contributed by atoms with van der Waals surface area (Å²) in [6.45, 7) is 12.0. The van der Waals surface area contributed by atoms with Gasteiger partial charge in [0, 0.05) is 45.0 Å². The molecule has 1 saturated heterocycles. The molecule has 0 saturated carbocycles. The molecule has 0 atom stereocenters. The number of piperazine rings is 1. The van der Waals surface area contributed by atoms with Crippen LogP contribution >= 0.6 is 0 Å². The summed E-state index contributed by atoms with van der Waals surface area (Å²) >= 11 is 0. The van der Waals surface area contributed by atoms with E-state index in [4.69, 9.17) is 4.74 Å². The van der Waals surface area contributed by atoms with E-state index in [1.54, 1.807) is 0 Å². The molecule has 0 spiro atoms. The largest absolute Gasteiger partial charge is 0.483 e. The normalized spacial score (nSPS) is 14.8. The van der Waals surface area contributed by atoms with Crippen LogP contribution in [0.1, 0.15) is 30.9 Å². The van der Waals surface area contributed by atoms with Crippen molar-refractivity contribution < 1.29 is 9.53 Å². The number of nitrogens with zero attached hydrogens (tertiary/aromatic N) is 2. The maximum absolute atomic E-state index is 12.2. The summed E-state index contributed by atoms with van der Waals surface area (Å²) in [6, 6.07) is 16.7. The number of carbonyl (C=O) groups is 1. The first-order valence-corrected chi connectivity index (χ1v) is 10.6. The van der Waals surface area contributed by atoms with Crippen molar-refractivity contribution in [3.05, 3.63) is 59.7 Å². The van der Waals surface area contributed by atoms with Gasteiger partial charge in [0.2, 0.25) is 0 Å². The predicted molar refractivity (Wildman–Crippen MR) is 119 cm³/mol. The number of carbonyl (C=O) groups excluding carboxylic acids is 1. The second-order valence-corrected chi connectivity index (χ2v) is 8.00. The Morgan fingerprint density at radius 3 is 2.48 bits per heavy atom. The van der Waals surface area contributed by atoms with E-state index in [-0.39, 0.29) is 12.5 Å². The molecule has 1 aliphatic rings. The molecule has 1 fully saturated rings. The number of hydrogen-bond donors (Lipinski definition) is 1. The minimum Gasteiger partial charge on any atom is -0.483 e. The Morgan fingerprint density at radius 1 is 1.07 bits per heavy atom.